The molecule has 5 amide bonds. The lowest BCUT2D eigenvalue weighted by molar-refractivity contribution is -0.162. The number of carbonyl (C=O) groups is 6. The quantitative estimate of drug-likeness (QED) is 0.141. The second kappa shape index (κ2) is 18.7. The van der Waals surface area contributed by atoms with Crippen molar-refractivity contribution < 1.29 is 57.6 Å². The van der Waals surface area contributed by atoms with Crippen molar-refractivity contribution in [2.24, 2.45) is 5.92 Å². The van der Waals surface area contributed by atoms with Gasteiger partial charge in [-0.3, -0.25) is 29.4 Å². The van der Waals surface area contributed by atoms with E-state index >= 15 is 0 Å². The molecule has 4 bridgehead atoms. The second-order valence-corrected chi connectivity index (χ2v) is 16.3. The molecule has 2 fully saturated rings. The molecule has 1 aromatic rings. The number of epoxide rings is 1. The highest BCUT2D eigenvalue weighted by atomic mass is 35.5. The van der Waals surface area contributed by atoms with Gasteiger partial charge < -0.3 is 38.6 Å². The number of benzene rings is 1. The monoisotopic (exact) mass is 842 g/mol. The van der Waals surface area contributed by atoms with Gasteiger partial charge in [0.15, 0.2) is 5.72 Å². The number of likely N-dealkylation sites (N-methyl/N-ethyl adjacent to an activating group) is 1. The topological polar surface area (TPSA) is 194 Å². The third kappa shape index (κ3) is 10.2. The molecule has 16 nitrogen and oxygen atoms in total. The Bertz CT molecular complexity index is 1900. The molecule has 322 valence electrons. The minimum atomic E-state index is -1.85. The zero-order valence-electron chi connectivity index (χ0n) is 34.8. The smallest absolute Gasteiger partial charge is 0.409 e. The number of hydrogen-bond acceptors (Lipinski definition) is 12. The first-order valence-corrected chi connectivity index (χ1v) is 20.1. The van der Waals surface area contributed by atoms with Gasteiger partial charge >= 0.3 is 12.1 Å². The summed E-state index contributed by atoms with van der Waals surface area (Å²) in [5, 5.41) is 14.5. The minimum absolute atomic E-state index is 0.0761. The Labute approximate surface area is 349 Å². The second-order valence-electron chi connectivity index (χ2n) is 15.9. The molecular weight excluding hydrogens is 788 g/mol. The molecule has 17 heteroatoms. The number of unbranched alkanes of at least 4 members (excludes halogenated alkanes) is 2. The SMILES string of the molecule is COc1cc2cc(c1Cl)N(C)C(=O)CC(OC(=O)C(C)N(C)C(=O)CCCCCN1C(=O)C=CC1=O)C1(C)OC1C(C)C1CC(O)(NC(=O)O1)C(OC)C=CC=C(C)C2. The zero-order chi connectivity index (χ0) is 43.4. The molecule has 1 aromatic carbocycles. The molecule has 59 heavy (non-hydrogen) atoms. The van der Waals surface area contributed by atoms with Crippen LogP contribution in [0.4, 0.5) is 10.5 Å². The van der Waals surface area contributed by atoms with E-state index in [0.29, 0.717) is 37.1 Å². The van der Waals surface area contributed by atoms with E-state index in [1.165, 1.54) is 50.1 Å². The normalized spacial score (nSPS) is 29.0. The van der Waals surface area contributed by atoms with Crippen LogP contribution in [0.15, 0.2) is 48.1 Å². The first kappa shape index (κ1) is 45.3. The Morgan fingerprint density at radius 2 is 1.81 bits per heavy atom. The number of rotatable bonds is 11. The van der Waals surface area contributed by atoms with E-state index in [0.717, 1.165) is 16.0 Å². The van der Waals surface area contributed by atoms with Crippen molar-refractivity contribution in [3.63, 3.8) is 0 Å². The number of nitrogens with one attached hydrogen (secondary N) is 1. The molecule has 4 heterocycles. The number of carbonyl (C=O) groups excluding carboxylic acids is 6. The number of halogens is 1. The fourth-order valence-electron chi connectivity index (χ4n) is 7.77. The van der Waals surface area contributed by atoms with Crippen LogP contribution in [0.5, 0.6) is 5.75 Å². The van der Waals surface area contributed by atoms with E-state index in [1.54, 1.807) is 45.2 Å². The molecule has 0 radical (unpaired) electrons. The van der Waals surface area contributed by atoms with Crippen LogP contribution in [0.3, 0.4) is 0 Å². The molecule has 8 unspecified atom stereocenters. The van der Waals surface area contributed by atoms with E-state index in [2.05, 4.69) is 5.32 Å². The standard InChI is InChI=1S/C42H55ClN4O12/c1-24-13-12-14-31(56-8)42(54)23-30(57-40(53)44-42)25(2)38-41(4,59-38)32(22-36(51)46(6)28-20-27(19-24)21-29(55-7)37(28)43)58-39(52)26(3)45(5)33(48)15-10-9-11-18-47-34(49)16-17-35(47)50/h12-14,16-17,20-21,25-26,30-32,38,54H,9-11,15,18-19,22-23H2,1-8H3,(H,44,53). The number of allylic oxidation sites excluding steroid dienone is 3. The zero-order valence-corrected chi connectivity index (χ0v) is 35.6. The molecule has 2 saturated heterocycles. The van der Waals surface area contributed by atoms with Gasteiger partial charge in [0.1, 0.15) is 40.7 Å². The van der Waals surface area contributed by atoms with Crippen molar-refractivity contribution in [1.29, 1.82) is 0 Å². The average Bonchev–Trinajstić information content (AvgIpc) is 3.79. The molecule has 4 aliphatic rings. The number of amides is 5. The van der Waals surface area contributed by atoms with E-state index < -0.39 is 65.7 Å². The number of nitrogens with zero attached hydrogens (tertiary/aromatic N) is 3. The lowest BCUT2D eigenvalue weighted by Crippen LogP contribution is -2.63. The van der Waals surface area contributed by atoms with E-state index in [-0.39, 0.29) is 48.6 Å². The number of anilines is 1. The number of esters is 1. The number of fused-ring (bicyclic) bond motifs is 5. The highest BCUT2D eigenvalue weighted by Crippen LogP contribution is 2.49. The number of hydrogen-bond donors (Lipinski definition) is 2. The molecular formula is C42H55ClN4O12. The van der Waals surface area contributed by atoms with Crippen LogP contribution in [-0.2, 0) is 49.3 Å². The molecule has 0 aromatic heterocycles. The Kier molecular flexibility index (Phi) is 14.3. The maximum atomic E-state index is 14.2. The molecule has 0 saturated carbocycles. The number of ether oxygens (including phenoxy) is 5. The average molecular weight is 843 g/mol. The number of imide groups is 1. The summed E-state index contributed by atoms with van der Waals surface area (Å²) in [6.45, 7) is 7.16. The van der Waals surface area contributed by atoms with Crippen molar-refractivity contribution in [3.05, 3.63) is 58.7 Å². The van der Waals surface area contributed by atoms with Crippen LogP contribution in [-0.4, -0.2) is 127 Å². The van der Waals surface area contributed by atoms with Gasteiger partial charge in [-0.2, -0.15) is 0 Å². The first-order valence-electron chi connectivity index (χ1n) is 19.7. The minimum Gasteiger partial charge on any atom is -0.495 e. The third-order valence-corrected chi connectivity index (χ3v) is 12.1. The summed E-state index contributed by atoms with van der Waals surface area (Å²) >= 11 is 6.77. The van der Waals surface area contributed by atoms with E-state index in [1.807, 2.05) is 13.0 Å². The van der Waals surface area contributed by atoms with Gasteiger partial charge in [-0.15, -0.1) is 0 Å². The highest BCUT2D eigenvalue weighted by molar-refractivity contribution is 6.35. The van der Waals surface area contributed by atoms with Crippen LogP contribution in [0.1, 0.15) is 71.8 Å². The maximum absolute atomic E-state index is 14.2. The summed E-state index contributed by atoms with van der Waals surface area (Å²) in [6.07, 6.45) is 4.78. The molecule has 0 aliphatic carbocycles. The fourth-order valence-corrected chi connectivity index (χ4v) is 8.08. The molecule has 5 rings (SSSR count). The third-order valence-electron chi connectivity index (χ3n) is 11.7. The number of methoxy groups -OCH3 is 2. The van der Waals surface area contributed by atoms with Crippen LogP contribution in [0, 0.1) is 5.92 Å². The lowest BCUT2D eigenvalue weighted by atomic mass is 9.83. The van der Waals surface area contributed by atoms with Crippen molar-refractivity contribution in [2.75, 3.05) is 39.8 Å². The fraction of sp³-hybridized carbons (Fsp3) is 0.571. The molecule has 0 spiro atoms. The lowest BCUT2D eigenvalue weighted by Gasteiger charge is -2.42. The van der Waals surface area contributed by atoms with Crippen LogP contribution in [0.25, 0.3) is 0 Å². The summed E-state index contributed by atoms with van der Waals surface area (Å²) in [5.41, 5.74) is -1.05. The summed E-state index contributed by atoms with van der Waals surface area (Å²) < 4.78 is 29.3. The van der Waals surface area contributed by atoms with Crippen LogP contribution >= 0.6 is 11.6 Å². The highest BCUT2D eigenvalue weighted by Gasteiger charge is 2.64. The molecule has 4 aliphatic heterocycles. The largest absolute Gasteiger partial charge is 0.495 e. The summed E-state index contributed by atoms with van der Waals surface area (Å²) in [5.74, 6) is -2.49. The van der Waals surface area contributed by atoms with Gasteiger partial charge in [-0.05, 0) is 57.7 Å². The van der Waals surface area contributed by atoms with E-state index in [9.17, 15) is 33.9 Å². The van der Waals surface area contributed by atoms with Crippen LogP contribution < -0.4 is 15.0 Å². The Morgan fingerprint density at radius 3 is 2.47 bits per heavy atom. The predicted molar refractivity (Wildman–Crippen MR) is 215 cm³/mol. The van der Waals surface area contributed by atoms with Crippen molar-refractivity contribution in [3.8, 4) is 5.75 Å². The maximum Gasteiger partial charge on any atom is 0.409 e. The molecule has 8 atom stereocenters. The summed E-state index contributed by atoms with van der Waals surface area (Å²) in [4.78, 5) is 81.6. The van der Waals surface area contributed by atoms with Gasteiger partial charge in [0.2, 0.25) is 11.8 Å². The van der Waals surface area contributed by atoms with Gasteiger partial charge in [0.05, 0.1) is 25.3 Å². The van der Waals surface area contributed by atoms with Crippen molar-refractivity contribution >= 4 is 53.0 Å². The van der Waals surface area contributed by atoms with Gasteiger partial charge in [-0.1, -0.05) is 48.7 Å². The Balaban J connectivity index is 1.39. The van der Waals surface area contributed by atoms with Gasteiger partial charge in [0.25, 0.3) is 11.8 Å². The van der Waals surface area contributed by atoms with E-state index in [4.69, 9.17) is 35.3 Å². The number of aliphatic hydroxyl groups is 1. The van der Waals surface area contributed by atoms with Crippen molar-refractivity contribution in [1.82, 2.24) is 15.1 Å². The molecule has 2 N–H and O–H groups in total. The Morgan fingerprint density at radius 1 is 1.12 bits per heavy atom. The Hall–Kier alpha value is -4.77. The van der Waals surface area contributed by atoms with Crippen LogP contribution in [0.2, 0.25) is 5.02 Å². The predicted octanol–water partition coefficient (Wildman–Crippen LogP) is 4.00. The summed E-state index contributed by atoms with van der Waals surface area (Å²) in [6, 6.07) is 2.50. The van der Waals surface area contributed by atoms with Crippen molar-refractivity contribution in [2.45, 2.75) is 114 Å². The van der Waals surface area contributed by atoms with Gasteiger partial charge in [0, 0.05) is 58.7 Å². The first-order chi connectivity index (χ1) is 27.8. The van der Waals surface area contributed by atoms with Gasteiger partial charge in [-0.25, -0.2) is 9.59 Å². The summed E-state index contributed by atoms with van der Waals surface area (Å²) in [7, 11) is 5.94. The number of alkyl carbamates (subject to hydrolysis) is 1.